The molecular formula is C10H7F3O3. The van der Waals surface area contributed by atoms with Gasteiger partial charge in [-0.3, -0.25) is 0 Å². The maximum Gasteiger partial charge on any atom is 0.511 e. The molecule has 0 amide bonds. The van der Waals surface area contributed by atoms with E-state index in [0.29, 0.717) is 0 Å². The van der Waals surface area contributed by atoms with E-state index in [2.05, 4.69) is 11.3 Å². The van der Waals surface area contributed by atoms with Crippen molar-refractivity contribution in [2.24, 2.45) is 0 Å². The summed E-state index contributed by atoms with van der Waals surface area (Å²) in [5.74, 6) is -0.221. The zero-order valence-electron chi connectivity index (χ0n) is 7.91. The molecule has 3 nitrogen and oxygen atoms in total. The third kappa shape index (κ3) is 3.01. The molecule has 0 aliphatic heterocycles. The molecule has 1 aromatic carbocycles. The van der Waals surface area contributed by atoms with Gasteiger partial charge in [0.05, 0.1) is 5.56 Å². The second-order valence-corrected chi connectivity index (χ2v) is 2.87. The van der Waals surface area contributed by atoms with Gasteiger partial charge in [-0.1, -0.05) is 18.7 Å². The van der Waals surface area contributed by atoms with Crippen LogP contribution in [0.2, 0.25) is 0 Å². The van der Waals surface area contributed by atoms with Crippen molar-refractivity contribution in [3.8, 4) is 0 Å². The van der Waals surface area contributed by atoms with Crippen LogP contribution in [0.1, 0.15) is 11.1 Å². The Morgan fingerprint density at radius 3 is 2.12 bits per heavy atom. The first-order valence-corrected chi connectivity index (χ1v) is 4.08. The largest absolute Gasteiger partial charge is 0.511 e. The summed E-state index contributed by atoms with van der Waals surface area (Å²) in [5.41, 5.74) is -0.644. The van der Waals surface area contributed by atoms with Gasteiger partial charge < -0.3 is 9.84 Å². The molecule has 16 heavy (non-hydrogen) atoms. The molecule has 0 saturated carbocycles. The van der Waals surface area contributed by atoms with Gasteiger partial charge >= 0.3 is 12.3 Å². The lowest BCUT2D eigenvalue weighted by Gasteiger charge is -2.08. The lowest BCUT2D eigenvalue weighted by atomic mass is 10.1. The van der Waals surface area contributed by atoms with Crippen LogP contribution in [0.3, 0.4) is 0 Å². The molecule has 0 atom stereocenters. The van der Waals surface area contributed by atoms with E-state index in [4.69, 9.17) is 5.11 Å². The Bertz CT molecular complexity index is 406. The third-order valence-corrected chi connectivity index (χ3v) is 1.74. The van der Waals surface area contributed by atoms with Crippen LogP contribution < -0.4 is 0 Å². The monoisotopic (exact) mass is 232 g/mol. The molecule has 0 aliphatic carbocycles. The molecule has 0 unspecified atom stereocenters. The molecule has 0 bridgehead atoms. The third-order valence-electron chi connectivity index (χ3n) is 1.74. The minimum atomic E-state index is -4.42. The second kappa shape index (κ2) is 4.26. The summed E-state index contributed by atoms with van der Waals surface area (Å²) in [6, 6.07) is 3.83. The standard InChI is InChI=1S/C10H7F3O3/c1-6(16-9(14)15)7-2-4-8(5-3-7)10(11,12)13/h2-5H,1H2,(H,14,15). The number of alkyl halides is 3. The van der Waals surface area contributed by atoms with Crippen LogP contribution in [0.5, 0.6) is 0 Å². The number of ether oxygens (including phenoxy) is 1. The van der Waals surface area contributed by atoms with Crippen LogP contribution in [-0.4, -0.2) is 11.3 Å². The lowest BCUT2D eigenvalue weighted by Crippen LogP contribution is -2.05. The zero-order valence-corrected chi connectivity index (χ0v) is 7.91. The first-order valence-electron chi connectivity index (χ1n) is 4.08. The highest BCUT2D eigenvalue weighted by Gasteiger charge is 2.30. The van der Waals surface area contributed by atoms with E-state index in [-0.39, 0.29) is 11.3 Å². The Hall–Kier alpha value is -1.98. The van der Waals surface area contributed by atoms with Gasteiger partial charge in [-0.2, -0.15) is 13.2 Å². The molecule has 0 aromatic heterocycles. The van der Waals surface area contributed by atoms with E-state index in [0.717, 1.165) is 24.3 Å². The molecule has 0 heterocycles. The van der Waals surface area contributed by atoms with E-state index >= 15 is 0 Å². The van der Waals surface area contributed by atoms with E-state index < -0.39 is 17.9 Å². The maximum atomic E-state index is 12.2. The van der Waals surface area contributed by atoms with Crippen LogP contribution in [-0.2, 0) is 10.9 Å². The number of carboxylic acid groups (broad SMARTS) is 1. The molecule has 1 aromatic rings. The highest BCUT2D eigenvalue weighted by Crippen LogP contribution is 2.29. The molecule has 86 valence electrons. The van der Waals surface area contributed by atoms with Crippen LogP contribution in [0.4, 0.5) is 18.0 Å². The van der Waals surface area contributed by atoms with Crippen LogP contribution >= 0.6 is 0 Å². The summed E-state index contributed by atoms with van der Waals surface area (Å²) in [7, 11) is 0. The van der Waals surface area contributed by atoms with Crippen LogP contribution in [0.15, 0.2) is 30.8 Å². The smallest absolute Gasteiger partial charge is 0.449 e. The van der Waals surface area contributed by atoms with Crippen LogP contribution in [0, 0.1) is 0 Å². The minimum absolute atomic E-state index is 0.176. The van der Waals surface area contributed by atoms with E-state index in [1.54, 1.807) is 0 Å². The van der Waals surface area contributed by atoms with Gasteiger partial charge in [0.1, 0.15) is 5.76 Å². The predicted octanol–water partition coefficient (Wildman–Crippen LogP) is 3.37. The van der Waals surface area contributed by atoms with Crippen molar-refractivity contribution in [2.45, 2.75) is 6.18 Å². The van der Waals surface area contributed by atoms with Gasteiger partial charge in [-0.15, -0.1) is 0 Å². The van der Waals surface area contributed by atoms with Crippen molar-refractivity contribution in [2.75, 3.05) is 0 Å². The van der Waals surface area contributed by atoms with E-state index in [1.165, 1.54) is 0 Å². The highest BCUT2D eigenvalue weighted by atomic mass is 19.4. The Labute approximate surface area is 88.8 Å². The van der Waals surface area contributed by atoms with Crippen molar-refractivity contribution >= 4 is 11.9 Å². The van der Waals surface area contributed by atoms with Gasteiger partial charge in [0.2, 0.25) is 0 Å². The molecule has 0 fully saturated rings. The normalized spacial score (nSPS) is 10.9. The molecule has 0 radical (unpaired) electrons. The quantitative estimate of drug-likeness (QED) is 0.628. The van der Waals surface area contributed by atoms with Crippen molar-refractivity contribution in [1.82, 2.24) is 0 Å². The average molecular weight is 232 g/mol. The molecule has 6 heteroatoms. The number of benzene rings is 1. The minimum Gasteiger partial charge on any atom is -0.449 e. The fourth-order valence-electron chi connectivity index (χ4n) is 1.01. The van der Waals surface area contributed by atoms with Gasteiger partial charge in [-0.05, 0) is 12.1 Å². The molecule has 1 N–H and O–H groups in total. The number of halogens is 3. The second-order valence-electron chi connectivity index (χ2n) is 2.87. The summed E-state index contributed by atoms with van der Waals surface area (Å²) in [6.07, 6.45) is -5.99. The van der Waals surface area contributed by atoms with Gasteiger partial charge in [-0.25, -0.2) is 4.79 Å². The summed E-state index contributed by atoms with van der Waals surface area (Å²) in [5, 5.41) is 8.27. The maximum absolute atomic E-state index is 12.2. The Balaban J connectivity index is 2.87. The number of carbonyl (C=O) groups is 1. The van der Waals surface area contributed by atoms with Crippen molar-refractivity contribution in [3.05, 3.63) is 42.0 Å². The Morgan fingerprint density at radius 1 is 1.25 bits per heavy atom. The summed E-state index contributed by atoms with van der Waals surface area (Å²) < 4.78 is 40.8. The number of hydrogen-bond acceptors (Lipinski definition) is 2. The van der Waals surface area contributed by atoms with Crippen molar-refractivity contribution < 1.29 is 27.8 Å². The SMILES string of the molecule is C=C(OC(=O)O)c1ccc(C(F)(F)F)cc1. The van der Waals surface area contributed by atoms with E-state index in [9.17, 15) is 18.0 Å². The lowest BCUT2D eigenvalue weighted by molar-refractivity contribution is -0.137. The molecule has 0 aliphatic rings. The molecule has 0 spiro atoms. The highest BCUT2D eigenvalue weighted by molar-refractivity contribution is 5.70. The summed E-state index contributed by atoms with van der Waals surface area (Å²) in [4.78, 5) is 10.1. The topological polar surface area (TPSA) is 46.5 Å². The van der Waals surface area contributed by atoms with Crippen molar-refractivity contribution in [1.29, 1.82) is 0 Å². The zero-order chi connectivity index (χ0) is 12.3. The fraction of sp³-hybridized carbons (Fsp3) is 0.100. The van der Waals surface area contributed by atoms with Crippen LogP contribution in [0.25, 0.3) is 5.76 Å². The molecule has 1 rings (SSSR count). The number of hydrogen-bond donors (Lipinski definition) is 1. The summed E-state index contributed by atoms with van der Waals surface area (Å²) >= 11 is 0. The molecular weight excluding hydrogens is 225 g/mol. The number of rotatable bonds is 2. The van der Waals surface area contributed by atoms with Gasteiger partial charge in [0.15, 0.2) is 0 Å². The first-order chi connectivity index (χ1) is 7.30. The van der Waals surface area contributed by atoms with Gasteiger partial charge in [0, 0.05) is 5.56 Å². The molecule has 0 saturated heterocycles. The van der Waals surface area contributed by atoms with Crippen molar-refractivity contribution in [3.63, 3.8) is 0 Å². The predicted molar refractivity (Wildman–Crippen MR) is 49.6 cm³/mol. The average Bonchev–Trinajstić information content (AvgIpc) is 2.15. The first kappa shape index (κ1) is 12.1. The fourth-order valence-corrected chi connectivity index (χ4v) is 1.01. The van der Waals surface area contributed by atoms with Gasteiger partial charge in [0.25, 0.3) is 0 Å². The van der Waals surface area contributed by atoms with E-state index in [1.807, 2.05) is 0 Å². The summed E-state index contributed by atoms with van der Waals surface area (Å²) in [6.45, 7) is 3.27. The Morgan fingerprint density at radius 2 is 1.75 bits per heavy atom. The Kier molecular flexibility index (Phi) is 3.22.